The van der Waals surface area contributed by atoms with E-state index in [1.807, 2.05) is 25.7 Å². The average molecular weight is 479 g/mol. The molecule has 1 atom stereocenters. The number of likely N-dealkylation sites (tertiary alicyclic amines) is 1. The maximum Gasteiger partial charge on any atom is 0.240 e. The lowest BCUT2D eigenvalue weighted by atomic mass is 10.0. The highest BCUT2D eigenvalue weighted by molar-refractivity contribution is 7.89. The van der Waals surface area contributed by atoms with E-state index < -0.39 is 21.4 Å². The van der Waals surface area contributed by atoms with E-state index in [0.717, 1.165) is 19.3 Å². The van der Waals surface area contributed by atoms with Gasteiger partial charge in [-0.05, 0) is 64.5 Å². The molecule has 11 heteroatoms. The van der Waals surface area contributed by atoms with Gasteiger partial charge in [0.25, 0.3) is 0 Å². The Morgan fingerprint density at radius 2 is 1.97 bits per heavy atom. The number of nitrogens with one attached hydrogen (secondary N) is 2. The summed E-state index contributed by atoms with van der Waals surface area (Å²) in [5.41, 5.74) is 0.185. The molecular formula is C22H31FN6O3S. The SMILES string of the molecule is C[C@H]1COC(C)(C)CN1c1nc(Nc2ccc(S(=O)(=O)NCCN3CCC3)cc2)ncc1F. The molecule has 0 saturated carbocycles. The van der Waals surface area contributed by atoms with Gasteiger partial charge in [-0.3, -0.25) is 0 Å². The van der Waals surface area contributed by atoms with Crippen LogP contribution in [0.2, 0.25) is 0 Å². The fourth-order valence-corrected chi connectivity index (χ4v) is 4.85. The van der Waals surface area contributed by atoms with Crippen LogP contribution in [0, 0.1) is 5.82 Å². The van der Waals surface area contributed by atoms with Gasteiger partial charge in [-0.15, -0.1) is 0 Å². The number of nitrogens with zero attached hydrogens (tertiary/aromatic N) is 4. The minimum Gasteiger partial charge on any atom is -0.372 e. The van der Waals surface area contributed by atoms with E-state index >= 15 is 0 Å². The summed E-state index contributed by atoms with van der Waals surface area (Å²) in [4.78, 5) is 12.7. The van der Waals surface area contributed by atoms with Gasteiger partial charge in [0.2, 0.25) is 16.0 Å². The molecule has 2 N–H and O–H groups in total. The van der Waals surface area contributed by atoms with E-state index in [0.29, 0.717) is 31.9 Å². The second kappa shape index (κ2) is 9.49. The fraction of sp³-hybridized carbons (Fsp3) is 0.545. The van der Waals surface area contributed by atoms with Crippen molar-refractivity contribution in [2.24, 2.45) is 0 Å². The molecule has 2 fully saturated rings. The van der Waals surface area contributed by atoms with Gasteiger partial charge < -0.3 is 19.9 Å². The standard InChI is InChI=1S/C22H31FN6O3S/c1-16-14-32-22(2,3)15-29(16)20-19(23)13-24-21(27-20)26-17-5-7-18(8-6-17)33(30,31)25-9-12-28-10-4-11-28/h5-8,13,16,25H,4,9-12,14-15H2,1-3H3,(H,24,26,27)/t16-/m0/s1. The summed E-state index contributed by atoms with van der Waals surface area (Å²) in [6, 6.07) is 6.28. The zero-order valence-electron chi connectivity index (χ0n) is 19.2. The van der Waals surface area contributed by atoms with E-state index in [-0.39, 0.29) is 22.7 Å². The zero-order chi connectivity index (χ0) is 23.6. The van der Waals surface area contributed by atoms with Crippen LogP contribution in [-0.2, 0) is 14.8 Å². The lowest BCUT2D eigenvalue weighted by Crippen LogP contribution is -2.53. The highest BCUT2D eigenvalue weighted by Crippen LogP contribution is 2.28. The smallest absolute Gasteiger partial charge is 0.240 e. The summed E-state index contributed by atoms with van der Waals surface area (Å²) in [5.74, 6) is -0.0657. The summed E-state index contributed by atoms with van der Waals surface area (Å²) in [6.07, 6.45) is 2.31. The summed E-state index contributed by atoms with van der Waals surface area (Å²) in [5, 5.41) is 3.03. The fourth-order valence-electron chi connectivity index (χ4n) is 3.82. The first-order valence-electron chi connectivity index (χ1n) is 11.2. The van der Waals surface area contributed by atoms with Crippen LogP contribution in [0.25, 0.3) is 0 Å². The Morgan fingerprint density at radius 3 is 2.64 bits per heavy atom. The molecule has 0 spiro atoms. The lowest BCUT2D eigenvalue weighted by Gasteiger charge is -2.43. The average Bonchev–Trinajstić information content (AvgIpc) is 2.73. The van der Waals surface area contributed by atoms with Crippen molar-refractivity contribution in [1.29, 1.82) is 0 Å². The van der Waals surface area contributed by atoms with Crippen molar-refractivity contribution in [3.05, 3.63) is 36.3 Å². The molecule has 180 valence electrons. The van der Waals surface area contributed by atoms with Gasteiger partial charge >= 0.3 is 0 Å². The Bertz CT molecular complexity index is 1080. The second-order valence-corrected chi connectivity index (χ2v) is 10.9. The third-order valence-electron chi connectivity index (χ3n) is 5.89. The first kappa shape index (κ1) is 23.8. The van der Waals surface area contributed by atoms with Gasteiger partial charge in [-0.25, -0.2) is 22.5 Å². The van der Waals surface area contributed by atoms with Crippen LogP contribution in [0.3, 0.4) is 0 Å². The number of hydrogen-bond donors (Lipinski definition) is 2. The van der Waals surface area contributed by atoms with Crippen molar-refractivity contribution in [2.45, 2.75) is 43.7 Å². The third-order valence-corrected chi connectivity index (χ3v) is 7.36. The molecule has 1 aromatic heterocycles. The summed E-state index contributed by atoms with van der Waals surface area (Å²) >= 11 is 0. The van der Waals surface area contributed by atoms with Gasteiger partial charge in [0, 0.05) is 25.3 Å². The molecule has 0 aliphatic carbocycles. The van der Waals surface area contributed by atoms with Crippen molar-refractivity contribution in [1.82, 2.24) is 19.6 Å². The first-order valence-corrected chi connectivity index (χ1v) is 12.6. The number of morpholine rings is 1. The van der Waals surface area contributed by atoms with Crippen LogP contribution < -0.4 is 14.9 Å². The van der Waals surface area contributed by atoms with Gasteiger partial charge in [0.1, 0.15) is 0 Å². The van der Waals surface area contributed by atoms with Crippen LogP contribution in [0.1, 0.15) is 27.2 Å². The van der Waals surface area contributed by atoms with E-state index in [2.05, 4.69) is 24.9 Å². The molecule has 9 nitrogen and oxygen atoms in total. The molecule has 4 rings (SSSR count). The Hall–Kier alpha value is -2.34. The third kappa shape index (κ3) is 5.78. The highest BCUT2D eigenvalue weighted by Gasteiger charge is 2.34. The van der Waals surface area contributed by atoms with E-state index in [4.69, 9.17) is 4.74 Å². The molecule has 2 saturated heterocycles. The van der Waals surface area contributed by atoms with Gasteiger partial charge in [-0.2, -0.15) is 4.98 Å². The first-order chi connectivity index (χ1) is 15.6. The topological polar surface area (TPSA) is 99.7 Å². The Labute approximate surface area is 194 Å². The predicted octanol–water partition coefficient (Wildman–Crippen LogP) is 2.35. The largest absolute Gasteiger partial charge is 0.372 e. The number of sulfonamides is 1. The summed E-state index contributed by atoms with van der Waals surface area (Å²) in [6.45, 7) is 9.99. The van der Waals surface area contributed by atoms with Crippen molar-refractivity contribution in [3.8, 4) is 0 Å². The van der Waals surface area contributed by atoms with Crippen LogP contribution >= 0.6 is 0 Å². The number of anilines is 3. The molecule has 1 aromatic carbocycles. The predicted molar refractivity (Wildman–Crippen MR) is 125 cm³/mol. The highest BCUT2D eigenvalue weighted by atomic mass is 32.2. The molecule has 0 unspecified atom stereocenters. The van der Waals surface area contributed by atoms with Crippen LogP contribution in [-0.4, -0.2) is 74.3 Å². The minimum atomic E-state index is -3.58. The van der Waals surface area contributed by atoms with Gasteiger partial charge in [-0.1, -0.05) is 0 Å². The number of hydrogen-bond acceptors (Lipinski definition) is 8. The number of benzene rings is 1. The van der Waals surface area contributed by atoms with Crippen molar-refractivity contribution < 1.29 is 17.5 Å². The van der Waals surface area contributed by atoms with Crippen LogP contribution in [0.15, 0.2) is 35.4 Å². The molecular weight excluding hydrogens is 447 g/mol. The normalized spacial score (nSPS) is 21.0. The molecule has 2 aromatic rings. The quantitative estimate of drug-likeness (QED) is 0.597. The van der Waals surface area contributed by atoms with Crippen molar-refractivity contribution in [2.75, 3.05) is 49.5 Å². The van der Waals surface area contributed by atoms with Crippen molar-refractivity contribution >= 4 is 27.5 Å². The molecule has 0 amide bonds. The van der Waals surface area contributed by atoms with E-state index in [1.54, 1.807) is 12.1 Å². The summed E-state index contributed by atoms with van der Waals surface area (Å²) < 4.78 is 48.0. The zero-order valence-corrected chi connectivity index (χ0v) is 20.0. The molecule has 0 bridgehead atoms. The Kier molecular flexibility index (Phi) is 6.85. The molecule has 2 aliphatic heterocycles. The number of rotatable bonds is 8. The number of halogens is 1. The summed E-state index contributed by atoms with van der Waals surface area (Å²) in [7, 11) is -3.58. The molecule has 2 aliphatic rings. The van der Waals surface area contributed by atoms with E-state index in [9.17, 15) is 12.8 Å². The van der Waals surface area contributed by atoms with Gasteiger partial charge in [0.05, 0.1) is 29.3 Å². The van der Waals surface area contributed by atoms with Crippen LogP contribution in [0.4, 0.5) is 21.8 Å². The second-order valence-electron chi connectivity index (χ2n) is 9.16. The Balaban J connectivity index is 1.43. The Morgan fingerprint density at radius 1 is 1.24 bits per heavy atom. The van der Waals surface area contributed by atoms with Gasteiger partial charge in [0.15, 0.2) is 11.6 Å². The van der Waals surface area contributed by atoms with Crippen molar-refractivity contribution in [3.63, 3.8) is 0 Å². The molecule has 33 heavy (non-hydrogen) atoms. The molecule has 0 radical (unpaired) electrons. The number of aromatic nitrogens is 2. The maximum atomic E-state index is 14.6. The van der Waals surface area contributed by atoms with Crippen LogP contribution in [0.5, 0.6) is 0 Å². The maximum absolute atomic E-state index is 14.6. The monoisotopic (exact) mass is 478 g/mol. The van der Waals surface area contributed by atoms with E-state index in [1.165, 1.54) is 18.6 Å². The molecule has 3 heterocycles. The number of ether oxygens (including phenoxy) is 1. The lowest BCUT2D eigenvalue weighted by molar-refractivity contribution is -0.0425. The minimum absolute atomic E-state index is 0.0339.